The lowest BCUT2D eigenvalue weighted by Gasteiger charge is -2.14. The predicted molar refractivity (Wildman–Crippen MR) is 108 cm³/mol. The van der Waals surface area contributed by atoms with Crippen LogP contribution in [0.5, 0.6) is 17.2 Å². The lowest BCUT2D eigenvalue weighted by atomic mass is 10.1. The third-order valence-electron chi connectivity index (χ3n) is 5.07. The molecule has 0 radical (unpaired) electrons. The van der Waals surface area contributed by atoms with Crippen molar-refractivity contribution in [2.45, 2.75) is 12.5 Å². The molecule has 28 heavy (non-hydrogen) atoms. The number of phenols is 2. The molecule has 144 valence electrons. The van der Waals surface area contributed by atoms with Crippen molar-refractivity contribution < 1.29 is 20.1 Å². The summed E-state index contributed by atoms with van der Waals surface area (Å²) >= 11 is 0. The van der Waals surface area contributed by atoms with Crippen LogP contribution in [0.3, 0.4) is 0 Å². The molecular weight excluding hydrogens is 354 g/mol. The molecule has 1 unspecified atom stereocenters. The maximum absolute atomic E-state index is 10.6. The van der Waals surface area contributed by atoms with E-state index in [1.807, 2.05) is 24.3 Å². The number of hydrogen-bond donors (Lipinski definition) is 4. The van der Waals surface area contributed by atoms with Crippen LogP contribution in [0.15, 0.2) is 60.7 Å². The first-order valence-corrected chi connectivity index (χ1v) is 9.37. The van der Waals surface area contributed by atoms with Gasteiger partial charge in [-0.1, -0.05) is 42.5 Å². The van der Waals surface area contributed by atoms with E-state index in [9.17, 15) is 15.3 Å². The van der Waals surface area contributed by atoms with E-state index in [1.165, 1.54) is 11.1 Å². The molecular formula is C23H23NO4. The summed E-state index contributed by atoms with van der Waals surface area (Å²) in [5, 5.41) is 33.2. The monoisotopic (exact) mass is 377 g/mol. The van der Waals surface area contributed by atoms with Gasteiger partial charge in [0, 0.05) is 25.1 Å². The van der Waals surface area contributed by atoms with E-state index in [2.05, 4.69) is 17.4 Å². The summed E-state index contributed by atoms with van der Waals surface area (Å²) in [5.41, 5.74) is 5.10. The van der Waals surface area contributed by atoms with Crippen molar-refractivity contribution in [3.63, 3.8) is 0 Å². The average molecular weight is 377 g/mol. The van der Waals surface area contributed by atoms with Crippen molar-refractivity contribution in [1.29, 1.82) is 0 Å². The van der Waals surface area contributed by atoms with Crippen LogP contribution < -0.4 is 10.1 Å². The molecule has 0 saturated heterocycles. The molecule has 0 heterocycles. The van der Waals surface area contributed by atoms with Crippen LogP contribution >= 0.6 is 0 Å². The quantitative estimate of drug-likeness (QED) is 0.371. The number of benzene rings is 3. The Labute approximate surface area is 163 Å². The smallest absolute Gasteiger partial charge is 0.161 e. The lowest BCUT2D eigenvalue weighted by Crippen LogP contribution is -2.26. The highest BCUT2D eigenvalue weighted by atomic mass is 16.5. The SMILES string of the molecule is Oc1ccc(C(O)CNCCOc2ccc3c(c2O)Cc2ccccc2-3)cc1. The molecule has 3 aromatic rings. The van der Waals surface area contributed by atoms with Crippen LogP contribution in [0.4, 0.5) is 0 Å². The van der Waals surface area contributed by atoms with Gasteiger partial charge < -0.3 is 25.4 Å². The molecule has 1 atom stereocenters. The van der Waals surface area contributed by atoms with Crippen LogP contribution in [-0.2, 0) is 6.42 Å². The molecule has 0 fully saturated rings. The summed E-state index contributed by atoms with van der Waals surface area (Å²) in [6.45, 7) is 1.28. The highest BCUT2D eigenvalue weighted by Gasteiger charge is 2.23. The molecule has 5 nitrogen and oxygen atoms in total. The highest BCUT2D eigenvalue weighted by molar-refractivity contribution is 5.80. The van der Waals surface area contributed by atoms with Crippen molar-refractivity contribution in [2.75, 3.05) is 19.7 Å². The van der Waals surface area contributed by atoms with Gasteiger partial charge in [0.2, 0.25) is 0 Å². The maximum Gasteiger partial charge on any atom is 0.161 e. The number of nitrogens with one attached hydrogen (secondary N) is 1. The first-order valence-electron chi connectivity index (χ1n) is 9.37. The van der Waals surface area contributed by atoms with E-state index in [-0.39, 0.29) is 11.5 Å². The van der Waals surface area contributed by atoms with E-state index in [0.717, 1.165) is 16.7 Å². The molecule has 0 aliphatic heterocycles. The summed E-state index contributed by atoms with van der Waals surface area (Å²) in [4.78, 5) is 0. The second kappa shape index (κ2) is 7.92. The van der Waals surface area contributed by atoms with E-state index < -0.39 is 6.10 Å². The van der Waals surface area contributed by atoms with Gasteiger partial charge in [0.05, 0.1) is 6.10 Å². The fraction of sp³-hybridized carbons (Fsp3) is 0.217. The molecule has 0 amide bonds. The Hall–Kier alpha value is -3.02. The summed E-state index contributed by atoms with van der Waals surface area (Å²) in [6, 6.07) is 18.5. The molecule has 1 aliphatic rings. The van der Waals surface area contributed by atoms with Crippen LogP contribution in [0.2, 0.25) is 0 Å². The minimum atomic E-state index is -0.660. The van der Waals surface area contributed by atoms with Crippen LogP contribution in [-0.4, -0.2) is 35.0 Å². The number of hydrogen-bond acceptors (Lipinski definition) is 5. The summed E-state index contributed by atoms with van der Waals surface area (Å²) in [7, 11) is 0. The van der Waals surface area contributed by atoms with Gasteiger partial charge in [-0.05, 0) is 40.5 Å². The number of aliphatic hydroxyl groups is 1. The Morgan fingerprint density at radius 1 is 0.929 bits per heavy atom. The Morgan fingerprint density at radius 2 is 1.71 bits per heavy atom. The zero-order valence-electron chi connectivity index (χ0n) is 15.4. The molecule has 0 saturated carbocycles. The van der Waals surface area contributed by atoms with Crippen LogP contribution in [0.25, 0.3) is 11.1 Å². The summed E-state index contributed by atoms with van der Waals surface area (Å²) in [5.74, 6) is 0.861. The van der Waals surface area contributed by atoms with Gasteiger partial charge in [-0.2, -0.15) is 0 Å². The first-order chi connectivity index (χ1) is 13.6. The minimum absolute atomic E-state index is 0.176. The maximum atomic E-state index is 10.6. The van der Waals surface area contributed by atoms with Gasteiger partial charge >= 0.3 is 0 Å². The number of ether oxygens (including phenoxy) is 1. The summed E-state index contributed by atoms with van der Waals surface area (Å²) in [6.07, 6.45) is 0.0542. The Morgan fingerprint density at radius 3 is 2.54 bits per heavy atom. The van der Waals surface area contributed by atoms with E-state index in [0.29, 0.717) is 31.9 Å². The van der Waals surface area contributed by atoms with Gasteiger partial charge in [0.25, 0.3) is 0 Å². The highest BCUT2D eigenvalue weighted by Crippen LogP contribution is 2.44. The number of fused-ring (bicyclic) bond motifs is 3. The van der Waals surface area contributed by atoms with Gasteiger partial charge in [-0.15, -0.1) is 0 Å². The zero-order chi connectivity index (χ0) is 19.5. The number of aliphatic hydroxyl groups excluding tert-OH is 1. The molecule has 1 aliphatic carbocycles. The molecule has 4 rings (SSSR count). The van der Waals surface area contributed by atoms with Gasteiger partial charge in [0.15, 0.2) is 11.5 Å². The van der Waals surface area contributed by atoms with Crippen molar-refractivity contribution in [3.8, 4) is 28.4 Å². The molecule has 0 bridgehead atoms. The van der Waals surface area contributed by atoms with Crippen molar-refractivity contribution in [1.82, 2.24) is 5.32 Å². The normalized spacial score (nSPS) is 13.0. The molecule has 5 heteroatoms. The topological polar surface area (TPSA) is 82.0 Å². The second-order valence-electron chi connectivity index (χ2n) is 6.93. The van der Waals surface area contributed by atoms with Gasteiger partial charge in [0.1, 0.15) is 12.4 Å². The largest absolute Gasteiger partial charge is 0.508 e. The van der Waals surface area contributed by atoms with Crippen molar-refractivity contribution >= 4 is 0 Å². The van der Waals surface area contributed by atoms with E-state index in [4.69, 9.17) is 4.74 Å². The van der Waals surface area contributed by atoms with E-state index >= 15 is 0 Å². The molecule has 3 aromatic carbocycles. The lowest BCUT2D eigenvalue weighted by molar-refractivity contribution is 0.171. The standard InChI is InChI=1S/C23H23NO4/c25-17-7-5-15(6-8-17)21(26)14-24-11-12-28-22-10-9-19-18-4-2-1-3-16(18)13-20(19)23(22)27/h1-10,21,24-27H,11-14H2. The molecule has 0 spiro atoms. The fourth-order valence-electron chi connectivity index (χ4n) is 3.58. The van der Waals surface area contributed by atoms with Crippen molar-refractivity contribution in [2.24, 2.45) is 0 Å². The third-order valence-corrected chi connectivity index (χ3v) is 5.07. The minimum Gasteiger partial charge on any atom is -0.508 e. The van der Waals surface area contributed by atoms with Crippen molar-refractivity contribution in [3.05, 3.63) is 77.4 Å². The van der Waals surface area contributed by atoms with Crippen LogP contribution in [0.1, 0.15) is 22.8 Å². The van der Waals surface area contributed by atoms with Gasteiger partial charge in [-0.3, -0.25) is 0 Å². The average Bonchev–Trinajstić information content (AvgIpc) is 3.09. The Kier molecular flexibility index (Phi) is 5.19. The number of phenolic OH excluding ortho intramolecular Hbond substituents is 2. The van der Waals surface area contributed by atoms with Gasteiger partial charge in [-0.25, -0.2) is 0 Å². The fourth-order valence-corrected chi connectivity index (χ4v) is 3.58. The Bertz CT molecular complexity index is 969. The first kappa shape index (κ1) is 18.3. The predicted octanol–water partition coefficient (Wildman–Crippen LogP) is 3.37. The number of aromatic hydroxyl groups is 2. The third kappa shape index (κ3) is 3.67. The Balaban J connectivity index is 1.29. The second-order valence-corrected chi connectivity index (χ2v) is 6.93. The van der Waals surface area contributed by atoms with E-state index in [1.54, 1.807) is 24.3 Å². The molecule has 0 aromatic heterocycles. The molecule has 4 N–H and O–H groups in total. The summed E-state index contributed by atoms with van der Waals surface area (Å²) < 4.78 is 5.74. The number of rotatable bonds is 7. The zero-order valence-corrected chi connectivity index (χ0v) is 15.4. The van der Waals surface area contributed by atoms with Crippen LogP contribution in [0, 0.1) is 0 Å².